The minimum Gasteiger partial charge on any atom is -0.249 e. The normalized spacial score (nSPS) is 12.6. The summed E-state index contributed by atoms with van der Waals surface area (Å²) < 4.78 is 37.1. The topological polar surface area (TPSA) is 51.6 Å². The smallest absolute Gasteiger partial charge is 0.132 e. The summed E-state index contributed by atoms with van der Waals surface area (Å²) >= 11 is 25.5. The molecule has 0 saturated carbocycles. The summed E-state index contributed by atoms with van der Waals surface area (Å²) in [6.45, 7) is 22.8. The molecule has 0 fully saturated rings. The second-order valence-electron chi connectivity index (χ2n) is 32.1. The molecule has 598 valence electrons. The maximum atomic E-state index is 17.3. The second-order valence-corrected chi connectivity index (χ2v) is 39.7. The number of benzene rings is 4. The van der Waals surface area contributed by atoms with E-state index in [4.69, 9.17) is 43.1 Å². The van der Waals surface area contributed by atoms with Gasteiger partial charge in [-0.1, -0.05) is 283 Å². The highest BCUT2D eigenvalue weighted by Crippen LogP contribution is 2.56. The molecule has 8 aromatic heterocycles. The van der Waals surface area contributed by atoms with E-state index in [2.05, 4.69) is 130 Å². The molecule has 0 aliphatic heterocycles. The lowest BCUT2D eigenvalue weighted by Gasteiger charge is -2.15. The fraction of sp³-hybridized carbons (Fsp3) is 0.510. The highest BCUT2D eigenvalue weighted by Gasteiger charge is 2.29. The summed E-state index contributed by atoms with van der Waals surface area (Å²) in [5.74, 6) is 0.248. The Balaban J connectivity index is 0.954. The summed E-state index contributed by atoms with van der Waals surface area (Å²) in [5.41, 5.74) is 15.1. The van der Waals surface area contributed by atoms with Gasteiger partial charge in [0.15, 0.2) is 0 Å². The molecular weight excluding hydrogens is 1530 g/mol. The number of aromatic nitrogens is 4. The van der Waals surface area contributed by atoms with Gasteiger partial charge in [-0.15, -0.1) is 68.0 Å². The zero-order valence-electron chi connectivity index (χ0n) is 68.9. The van der Waals surface area contributed by atoms with Gasteiger partial charge in [-0.2, -0.15) is 0 Å². The molecule has 2 atom stereocenters. The number of hydrogen-bond acceptors (Lipinski definition) is 10. The van der Waals surface area contributed by atoms with Gasteiger partial charge in [0.1, 0.15) is 11.6 Å². The van der Waals surface area contributed by atoms with Crippen molar-refractivity contribution in [1.29, 1.82) is 0 Å². The van der Waals surface area contributed by atoms with Crippen molar-refractivity contribution < 1.29 is 8.78 Å². The Morgan fingerprint density at radius 2 is 0.661 bits per heavy atom. The summed E-state index contributed by atoms with van der Waals surface area (Å²) in [6, 6.07) is 29.1. The van der Waals surface area contributed by atoms with E-state index in [1.165, 1.54) is 245 Å². The minimum atomic E-state index is -0.459. The Morgan fingerprint density at radius 3 is 1.06 bits per heavy atom. The van der Waals surface area contributed by atoms with Crippen molar-refractivity contribution in [3.05, 3.63) is 150 Å². The van der Waals surface area contributed by atoms with Crippen LogP contribution in [-0.4, -0.2) is 19.9 Å². The van der Waals surface area contributed by atoms with Crippen LogP contribution in [0.2, 0.25) is 10.0 Å². The fourth-order valence-electron chi connectivity index (χ4n) is 16.7. The Bertz CT molecular complexity index is 4930. The predicted molar refractivity (Wildman–Crippen MR) is 495 cm³/mol. The van der Waals surface area contributed by atoms with Crippen LogP contribution < -0.4 is 0 Å². The van der Waals surface area contributed by atoms with Gasteiger partial charge in [-0.25, -0.2) is 28.7 Å². The SMILES string of the molecule is CCCCCCCCc1nc2c(C)ccc(-c3ccc(-c4cc(F)c(-c5ccc(-c6ccc(-c7cc8c(-c9cc(Cl)c(CC(CC)CCCC)s9)c9sc(C)cc9c(-c9cc(Cl)c(CC(CC)CCCC)s9)c8s7)c7nc(CCCCCCCC)c(CCCCCCCC)nc67)s5)cc4F)s3)c2nc1CCCCCCCC. The van der Waals surface area contributed by atoms with E-state index < -0.39 is 11.6 Å². The molecule has 14 heteroatoms. The van der Waals surface area contributed by atoms with E-state index in [9.17, 15) is 0 Å². The number of fused-ring (bicyclic) bond motifs is 4. The molecule has 0 spiro atoms. The first-order valence-corrected chi connectivity index (χ1v) is 49.2. The van der Waals surface area contributed by atoms with Crippen molar-refractivity contribution in [2.45, 2.75) is 313 Å². The van der Waals surface area contributed by atoms with Gasteiger partial charge in [-0.3, -0.25) is 0 Å². The third-order valence-electron chi connectivity index (χ3n) is 23.4. The first-order chi connectivity index (χ1) is 54.7. The van der Waals surface area contributed by atoms with Crippen molar-refractivity contribution in [2.75, 3.05) is 0 Å². The Labute approximate surface area is 703 Å². The molecule has 4 nitrogen and oxygen atoms in total. The van der Waals surface area contributed by atoms with Crippen LogP contribution in [0, 0.1) is 37.3 Å². The van der Waals surface area contributed by atoms with Crippen molar-refractivity contribution in [3.63, 3.8) is 0 Å². The van der Waals surface area contributed by atoms with Crippen molar-refractivity contribution in [2.24, 2.45) is 11.8 Å². The van der Waals surface area contributed by atoms with Gasteiger partial charge in [0.25, 0.3) is 0 Å². The van der Waals surface area contributed by atoms with Gasteiger partial charge in [0, 0.05) is 108 Å². The zero-order chi connectivity index (χ0) is 78.6. The van der Waals surface area contributed by atoms with Crippen LogP contribution in [0.3, 0.4) is 0 Å². The third kappa shape index (κ3) is 21.2. The largest absolute Gasteiger partial charge is 0.249 e. The van der Waals surface area contributed by atoms with Gasteiger partial charge in [0.2, 0.25) is 0 Å². The standard InChI is InChI=1S/C98H122Cl2F2N4S6/c1-11-19-25-29-33-37-43-78-79(44-38-34-30-26-20-12-2)104-94-67(48-47-63(9)93(94)103-78)82-51-53-84(108-82)70-58-77(102)71(59-76(70)101)85-54-52-83(109-85)68-49-50-69(96-95(68)105-80(45-39-35-31-27-21-13-3)81(106-96)46-40-36-32-28-22-14-4)86-60-73-92(90-62-75(100)88(111-90)57-66(18-8)42-24-16-6)97-72(55-64(10)107-97)91(98(73)112-86)89-61-74(99)87(110-89)56-65(17-7)41-23-15-5/h47-55,58-62,65-66H,11-46,56-57H2,1-10H3. The first-order valence-electron chi connectivity index (χ1n) is 43.6. The highest BCUT2D eigenvalue weighted by molar-refractivity contribution is 7.25. The van der Waals surface area contributed by atoms with Gasteiger partial charge in [-0.05, 0) is 156 Å². The predicted octanol–water partition coefficient (Wildman–Crippen LogP) is 35.2. The highest BCUT2D eigenvalue weighted by atomic mass is 35.5. The van der Waals surface area contributed by atoms with E-state index in [1.807, 2.05) is 57.5 Å². The zero-order valence-corrected chi connectivity index (χ0v) is 75.3. The van der Waals surface area contributed by atoms with Crippen molar-refractivity contribution in [1.82, 2.24) is 19.9 Å². The Hall–Kier alpha value is -5.28. The van der Waals surface area contributed by atoms with Crippen LogP contribution in [-0.2, 0) is 38.5 Å². The molecule has 8 heterocycles. The number of halogens is 4. The second kappa shape index (κ2) is 42.7. The van der Waals surface area contributed by atoms with Gasteiger partial charge in [0.05, 0.1) is 54.9 Å². The average Bonchev–Trinajstić information content (AvgIpc) is 1.56. The lowest BCUT2D eigenvalue weighted by molar-refractivity contribution is 0.452. The lowest BCUT2D eigenvalue weighted by atomic mass is 9.95. The fourth-order valence-corrected chi connectivity index (χ4v) is 24.5. The van der Waals surface area contributed by atoms with Gasteiger partial charge >= 0.3 is 0 Å². The third-order valence-corrected chi connectivity index (χ3v) is 31.3. The molecule has 0 aliphatic rings. The molecule has 0 amide bonds. The molecule has 4 aromatic carbocycles. The summed E-state index contributed by atoms with van der Waals surface area (Å²) in [4.78, 5) is 33.4. The van der Waals surface area contributed by atoms with Crippen molar-refractivity contribution >= 4 is 133 Å². The van der Waals surface area contributed by atoms with Crippen LogP contribution >= 0.6 is 91.2 Å². The summed E-state index contributed by atoms with van der Waals surface area (Å²) in [5, 5.41) is 4.23. The maximum absolute atomic E-state index is 17.3. The quantitative estimate of drug-likeness (QED) is 0.0357. The molecule has 0 N–H and O–H groups in total. The van der Waals surface area contributed by atoms with E-state index in [-0.39, 0.29) is 11.1 Å². The molecular formula is C98H122Cl2F2N4S6. The summed E-state index contributed by atoms with van der Waals surface area (Å²) in [7, 11) is 0. The van der Waals surface area contributed by atoms with E-state index in [0.29, 0.717) is 21.6 Å². The maximum Gasteiger partial charge on any atom is 0.132 e. The molecule has 0 saturated heterocycles. The number of hydrogen-bond donors (Lipinski definition) is 0. The van der Waals surface area contributed by atoms with Crippen LogP contribution in [0.5, 0.6) is 0 Å². The summed E-state index contributed by atoms with van der Waals surface area (Å²) in [6.07, 6.45) is 44.1. The number of thiophene rings is 6. The van der Waals surface area contributed by atoms with E-state index >= 15 is 8.78 Å². The van der Waals surface area contributed by atoms with Crippen molar-refractivity contribution in [3.8, 4) is 73.1 Å². The monoisotopic (exact) mass is 1650 g/mol. The van der Waals surface area contributed by atoms with E-state index in [0.717, 1.165) is 182 Å². The molecule has 112 heavy (non-hydrogen) atoms. The first kappa shape index (κ1) is 86.1. The number of rotatable bonds is 47. The molecule has 0 bridgehead atoms. The minimum absolute atomic E-state index is 0.245. The van der Waals surface area contributed by atoms with Crippen LogP contribution in [0.15, 0.2) is 84.9 Å². The molecule has 0 aliphatic carbocycles. The average molecular weight is 1660 g/mol. The molecule has 12 aromatic rings. The lowest BCUT2D eigenvalue weighted by Crippen LogP contribution is -2.05. The number of aryl methyl sites for hydroxylation is 6. The molecule has 12 rings (SSSR count). The van der Waals surface area contributed by atoms with Crippen LogP contribution in [0.25, 0.3) is 115 Å². The van der Waals surface area contributed by atoms with Crippen LogP contribution in [0.4, 0.5) is 8.78 Å². The van der Waals surface area contributed by atoms with Crippen LogP contribution in [0.1, 0.15) is 304 Å². The Kier molecular flexibility index (Phi) is 32.8. The molecule has 0 radical (unpaired) electrons. The van der Waals surface area contributed by atoms with Gasteiger partial charge < -0.3 is 0 Å². The number of unbranched alkanes of at least 4 members (excludes halogenated alkanes) is 22. The molecule has 2 unspecified atom stereocenters. The van der Waals surface area contributed by atoms with E-state index in [1.54, 1.807) is 0 Å². The number of nitrogens with zero attached hydrogens (tertiary/aromatic N) is 4. The Morgan fingerprint density at radius 1 is 0.321 bits per heavy atom.